The zero-order valence-corrected chi connectivity index (χ0v) is 14.7. The van der Waals surface area contributed by atoms with Crippen molar-refractivity contribution in [2.75, 3.05) is 7.11 Å². The standard InChI is InChI=1S/C18H16ClNO6/c1-10(17(21)22)26-16-11(4-3-5-15(16)25-2)9-20-12-6-7-14(19)13(8-12)18(23)24/h3-10H,1-2H3,(H,21,22)(H,23,24)/t10-/m0/s1. The van der Waals surface area contributed by atoms with Crippen LogP contribution in [0.15, 0.2) is 41.4 Å². The van der Waals surface area contributed by atoms with E-state index >= 15 is 0 Å². The maximum Gasteiger partial charge on any atom is 0.344 e. The van der Waals surface area contributed by atoms with Crippen molar-refractivity contribution in [2.45, 2.75) is 13.0 Å². The van der Waals surface area contributed by atoms with Gasteiger partial charge in [0.1, 0.15) is 0 Å². The minimum Gasteiger partial charge on any atom is -0.493 e. The van der Waals surface area contributed by atoms with Gasteiger partial charge in [0.25, 0.3) is 0 Å². The molecule has 8 heteroatoms. The summed E-state index contributed by atoms with van der Waals surface area (Å²) in [5.74, 6) is -1.71. The highest BCUT2D eigenvalue weighted by atomic mass is 35.5. The van der Waals surface area contributed by atoms with Crippen molar-refractivity contribution in [2.24, 2.45) is 4.99 Å². The van der Waals surface area contributed by atoms with E-state index in [-0.39, 0.29) is 16.3 Å². The van der Waals surface area contributed by atoms with Crippen LogP contribution in [0.2, 0.25) is 5.02 Å². The molecule has 1 atom stereocenters. The number of benzene rings is 2. The molecule has 0 bridgehead atoms. The first-order valence-corrected chi connectivity index (χ1v) is 7.84. The van der Waals surface area contributed by atoms with Crippen molar-refractivity contribution in [3.8, 4) is 11.5 Å². The van der Waals surface area contributed by atoms with E-state index < -0.39 is 18.0 Å². The molecule has 0 heterocycles. The van der Waals surface area contributed by atoms with Gasteiger partial charge in [-0.25, -0.2) is 9.59 Å². The van der Waals surface area contributed by atoms with Crippen LogP contribution in [0.1, 0.15) is 22.8 Å². The summed E-state index contributed by atoms with van der Waals surface area (Å²) in [6, 6.07) is 9.33. The van der Waals surface area contributed by atoms with Crippen molar-refractivity contribution >= 4 is 35.4 Å². The summed E-state index contributed by atoms with van der Waals surface area (Å²) >= 11 is 5.84. The smallest absolute Gasteiger partial charge is 0.344 e. The molecule has 0 saturated heterocycles. The molecule has 0 aliphatic heterocycles. The van der Waals surface area contributed by atoms with Gasteiger partial charge in [-0.1, -0.05) is 17.7 Å². The predicted molar refractivity (Wildman–Crippen MR) is 96.4 cm³/mol. The Hall–Kier alpha value is -3.06. The number of ether oxygens (including phenoxy) is 2. The van der Waals surface area contributed by atoms with E-state index in [0.29, 0.717) is 17.0 Å². The van der Waals surface area contributed by atoms with Gasteiger partial charge in [0, 0.05) is 11.8 Å². The Kier molecular flexibility index (Phi) is 6.19. The Morgan fingerprint density at radius 2 is 1.96 bits per heavy atom. The number of methoxy groups -OCH3 is 1. The summed E-state index contributed by atoms with van der Waals surface area (Å²) in [5, 5.41) is 18.3. The van der Waals surface area contributed by atoms with Gasteiger partial charge in [-0.05, 0) is 37.3 Å². The number of carbonyl (C=O) groups is 2. The Morgan fingerprint density at radius 3 is 2.58 bits per heavy atom. The molecule has 0 amide bonds. The lowest BCUT2D eigenvalue weighted by Gasteiger charge is -2.15. The van der Waals surface area contributed by atoms with E-state index in [1.807, 2.05) is 0 Å². The van der Waals surface area contributed by atoms with E-state index in [0.717, 1.165) is 0 Å². The molecule has 7 nitrogen and oxygen atoms in total. The highest BCUT2D eigenvalue weighted by molar-refractivity contribution is 6.33. The number of carboxylic acids is 2. The Balaban J connectivity index is 2.40. The molecule has 2 rings (SSSR count). The van der Waals surface area contributed by atoms with Crippen LogP contribution >= 0.6 is 11.6 Å². The van der Waals surface area contributed by atoms with Crippen molar-refractivity contribution in [3.05, 3.63) is 52.5 Å². The minimum absolute atomic E-state index is 0.0667. The van der Waals surface area contributed by atoms with E-state index in [4.69, 9.17) is 31.3 Å². The van der Waals surface area contributed by atoms with Crippen LogP contribution < -0.4 is 9.47 Å². The summed E-state index contributed by atoms with van der Waals surface area (Å²) in [5.41, 5.74) is 0.777. The van der Waals surface area contributed by atoms with Crippen molar-refractivity contribution < 1.29 is 29.3 Å². The number of aromatic carboxylic acids is 1. The molecule has 0 aromatic heterocycles. The van der Waals surface area contributed by atoms with Crippen LogP contribution in [-0.2, 0) is 4.79 Å². The molecule has 0 fully saturated rings. The molecule has 0 spiro atoms. The fourth-order valence-corrected chi connectivity index (χ4v) is 2.25. The van der Waals surface area contributed by atoms with Gasteiger partial charge in [-0.3, -0.25) is 4.99 Å². The van der Waals surface area contributed by atoms with Crippen LogP contribution in [0.4, 0.5) is 5.69 Å². The monoisotopic (exact) mass is 377 g/mol. The second-order valence-corrected chi connectivity index (χ2v) is 5.61. The van der Waals surface area contributed by atoms with Crippen LogP contribution in [0.5, 0.6) is 11.5 Å². The number of halogens is 1. The van der Waals surface area contributed by atoms with Crippen LogP contribution in [-0.4, -0.2) is 41.6 Å². The molecule has 2 N–H and O–H groups in total. The second-order valence-electron chi connectivity index (χ2n) is 5.20. The number of aliphatic imine (C=N–C) groups is 1. The SMILES string of the molecule is COc1cccc(C=Nc2ccc(Cl)c(C(=O)O)c2)c1O[C@@H](C)C(=O)O. The molecule has 26 heavy (non-hydrogen) atoms. The second kappa shape index (κ2) is 8.35. The summed E-state index contributed by atoms with van der Waals surface area (Å²) < 4.78 is 10.7. The fraction of sp³-hybridized carbons (Fsp3) is 0.167. The van der Waals surface area contributed by atoms with Gasteiger partial charge >= 0.3 is 11.9 Å². The highest BCUT2D eigenvalue weighted by Crippen LogP contribution is 2.31. The first kappa shape index (κ1) is 19.3. The molecule has 2 aromatic rings. The lowest BCUT2D eigenvalue weighted by atomic mass is 10.2. The Labute approximate surface area is 154 Å². The zero-order chi connectivity index (χ0) is 19.3. The summed E-state index contributed by atoms with van der Waals surface area (Å²) in [6.45, 7) is 1.40. The van der Waals surface area contributed by atoms with Gasteiger partial charge in [-0.2, -0.15) is 0 Å². The summed E-state index contributed by atoms with van der Waals surface area (Å²) in [4.78, 5) is 26.4. The summed E-state index contributed by atoms with van der Waals surface area (Å²) in [6.07, 6.45) is 0.342. The molecular formula is C18H16ClNO6. The maximum absolute atomic E-state index is 11.1. The number of para-hydroxylation sites is 1. The van der Waals surface area contributed by atoms with Gasteiger partial charge in [0.15, 0.2) is 17.6 Å². The summed E-state index contributed by atoms with van der Waals surface area (Å²) in [7, 11) is 1.44. The molecule has 0 saturated carbocycles. The zero-order valence-electron chi connectivity index (χ0n) is 14.0. The Bertz CT molecular complexity index is 865. The first-order valence-electron chi connectivity index (χ1n) is 7.47. The number of aliphatic carboxylic acids is 1. The molecular weight excluding hydrogens is 362 g/mol. The van der Waals surface area contributed by atoms with Crippen molar-refractivity contribution in [1.82, 2.24) is 0 Å². The average molecular weight is 378 g/mol. The number of hydrogen-bond acceptors (Lipinski definition) is 5. The van der Waals surface area contributed by atoms with Gasteiger partial charge in [-0.15, -0.1) is 0 Å². The number of rotatable bonds is 7. The van der Waals surface area contributed by atoms with Gasteiger partial charge in [0.05, 0.1) is 23.4 Å². The highest BCUT2D eigenvalue weighted by Gasteiger charge is 2.18. The lowest BCUT2D eigenvalue weighted by molar-refractivity contribution is -0.144. The molecule has 136 valence electrons. The fourth-order valence-electron chi connectivity index (χ4n) is 2.05. The van der Waals surface area contributed by atoms with Crippen LogP contribution in [0, 0.1) is 0 Å². The Morgan fingerprint density at radius 1 is 1.23 bits per heavy atom. The van der Waals surface area contributed by atoms with Crippen LogP contribution in [0.25, 0.3) is 0 Å². The first-order chi connectivity index (χ1) is 12.3. The number of hydrogen-bond donors (Lipinski definition) is 2. The normalized spacial score (nSPS) is 12.0. The lowest BCUT2D eigenvalue weighted by Crippen LogP contribution is -2.23. The topological polar surface area (TPSA) is 105 Å². The van der Waals surface area contributed by atoms with E-state index in [9.17, 15) is 9.59 Å². The van der Waals surface area contributed by atoms with Crippen LogP contribution in [0.3, 0.4) is 0 Å². The predicted octanol–water partition coefficient (Wildman–Crippen LogP) is 3.65. The van der Waals surface area contributed by atoms with Crippen molar-refractivity contribution in [1.29, 1.82) is 0 Å². The quantitative estimate of drug-likeness (QED) is 0.713. The maximum atomic E-state index is 11.1. The molecule has 0 aliphatic carbocycles. The molecule has 0 unspecified atom stereocenters. The third kappa shape index (κ3) is 4.52. The average Bonchev–Trinajstić information content (AvgIpc) is 2.61. The van der Waals surface area contributed by atoms with Crippen molar-refractivity contribution in [3.63, 3.8) is 0 Å². The van der Waals surface area contributed by atoms with E-state index in [1.54, 1.807) is 24.3 Å². The van der Waals surface area contributed by atoms with Gasteiger partial charge in [0.2, 0.25) is 0 Å². The van der Waals surface area contributed by atoms with E-state index in [1.165, 1.54) is 32.4 Å². The van der Waals surface area contributed by atoms with E-state index in [2.05, 4.69) is 4.99 Å². The number of nitrogens with zero attached hydrogens (tertiary/aromatic N) is 1. The van der Waals surface area contributed by atoms with Gasteiger partial charge < -0.3 is 19.7 Å². The molecule has 0 aliphatic rings. The third-order valence-corrected chi connectivity index (χ3v) is 3.73. The molecule has 0 radical (unpaired) electrons. The molecule has 2 aromatic carbocycles. The largest absolute Gasteiger partial charge is 0.493 e. The third-order valence-electron chi connectivity index (χ3n) is 3.40. The number of carboxylic acid groups (broad SMARTS) is 2. The minimum atomic E-state index is -1.16.